The van der Waals surface area contributed by atoms with Crippen molar-refractivity contribution < 1.29 is 14.7 Å². The maximum atomic E-state index is 12.8. The molecule has 0 spiro atoms. The molecule has 106 valence electrons. The highest BCUT2D eigenvalue weighted by molar-refractivity contribution is 5.86. The van der Waals surface area contributed by atoms with Crippen molar-refractivity contribution in [1.29, 1.82) is 0 Å². The largest absolute Gasteiger partial charge is 0.481 e. The van der Waals surface area contributed by atoms with Crippen molar-refractivity contribution in [2.75, 3.05) is 0 Å². The van der Waals surface area contributed by atoms with E-state index in [1.54, 1.807) is 0 Å². The molecule has 2 bridgehead atoms. The fourth-order valence-electron chi connectivity index (χ4n) is 4.56. The fourth-order valence-corrected chi connectivity index (χ4v) is 4.56. The number of aliphatic carboxylic acids is 1. The molecular formula is C15H23NO3. The highest BCUT2D eigenvalue weighted by atomic mass is 16.4. The maximum Gasteiger partial charge on any atom is 0.308 e. The summed E-state index contributed by atoms with van der Waals surface area (Å²) in [6.07, 6.45) is 2.49. The first kappa shape index (κ1) is 12.9. The van der Waals surface area contributed by atoms with Gasteiger partial charge < -0.3 is 10.0 Å². The zero-order chi connectivity index (χ0) is 14.2. The van der Waals surface area contributed by atoms with Crippen LogP contribution in [0.2, 0.25) is 0 Å². The average Bonchev–Trinajstić information content (AvgIpc) is 2.70. The molecule has 0 aromatic heterocycles. The van der Waals surface area contributed by atoms with E-state index < -0.39 is 5.97 Å². The van der Waals surface area contributed by atoms with Gasteiger partial charge >= 0.3 is 5.97 Å². The zero-order valence-electron chi connectivity index (χ0n) is 12.1. The first-order valence-corrected chi connectivity index (χ1v) is 7.24. The highest BCUT2D eigenvalue weighted by Crippen LogP contribution is 2.69. The van der Waals surface area contributed by atoms with Crippen molar-refractivity contribution in [3.63, 3.8) is 0 Å². The standard InChI is InChI=1S/C15H23NO3/c1-14(2)11(15(14,3)4)12(17)16-8-5-6-10(16)9(7-8)13(18)19/h8-11H,5-7H2,1-4H3,(H,18,19). The molecule has 4 nitrogen and oxygen atoms in total. The van der Waals surface area contributed by atoms with Crippen LogP contribution in [-0.4, -0.2) is 34.0 Å². The fraction of sp³-hybridized carbons (Fsp3) is 0.867. The predicted molar refractivity (Wildman–Crippen MR) is 70.5 cm³/mol. The summed E-state index contributed by atoms with van der Waals surface area (Å²) in [6, 6.07) is 0.119. The molecule has 19 heavy (non-hydrogen) atoms. The molecule has 1 saturated carbocycles. The molecule has 3 atom stereocenters. The summed E-state index contributed by atoms with van der Waals surface area (Å²) in [5.74, 6) is -0.825. The Bertz CT molecular complexity index is 440. The lowest BCUT2D eigenvalue weighted by Crippen LogP contribution is -2.39. The van der Waals surface area contributed by atoms with Crippen LogP contribution in [0, 0.1) is 22.7 Å². The van der Waals surface area contributed by atoms with E-state index in [4.69, 9.17) is 0 Å². The molecule has 1 N–H and O–H groups in total. The number of carbonyl (C=O) groups excluding carboxylic acids is 1. The molecule has 2 heterocycles. The first-order valence-electron chi connectivity index (χ1n) is 7.24. The van der Waals surface area contributed by atoms with Crippen molar-refractivity contribution >= 4 is 11.9 Å². The molecule has 0 radical (unpaired) electrons. The van der Waals surface area contributed by atoms with Gasteiger partial charge in [-0.25, -0.2) is 0 Å². The van der Waals surface area contributed by atoms with Crippen LogP contribution in [0.5, 0.6) is 0 Å². The molecule has 0 aromatic rings. The quantitative estimate of drug-likeness (QED) is 0.832. The second-order valence-corrected chi connectivity index (χ2v) is 7.60. The number of hydrogen-bond donors (Lipinski definition) is 1. The molecule has 3 rings (SSSR count). The van der Waals surface area contributed by atoms with Crippen molar-refractivity contribution in [3.8, 4) is 0 Å². The third kappa shape index (κ3) is 1.46. The van der Waals surface area contributed by atoms with Crippen LogP contribution in [0.4, 0.5) is 0 Å². The molecule has 3 fully saturated rings. The summed E-state index contributed by atoms with van der Waals surface area (Å²) >= 11 is 0. The Kier molecular flexibility index (Phi) is 2.40. The van der Waals surface area contributed by atoms with E-state index in [9.17, 15) is 14.7 Å². The third-order valence-corrected chi connectivity index (χ3v) is 6.38. The van der Waals surface area contributed by atoms with Crippen LogP contribution in [0.15, 0.2) is 0 Å². The number of carboxylic acids is 1. The second kappa shape index (κ2) is 3.53. The minimum atomic E-state index is -0.737. The van der Waals surface area contributed by atoms with Gasteiger partial charge in [0.25, 0.3) is 0 Å². The number of amides is 1. The van der Waals surface area contributed by atoms with E-state index in [0.29, 0.717) is 6.42 Å². The van der Waals surface area contributed by atoms with E-state index >= 15 is 0 Å². The van der Waals surface area contributed by atoms with Crippen molar-refractivity contribution in [1.82, 2.24) is 4.90 Å². The van der Waals surface area contributed by atoms with E-state index in [2.05, 4.69) is 27.7 Å². The number of fused-ring (bicyclic) bond motifs is 2. The molecule has 3 aliphatic rings. The smallest absolute Gasteiger partial charge is 0.308 e. The Balaban J connectivity index is 1.82. The van der Waals surface area contributed by atoms with E-state index in [-0.39, 0.29) is 40.7 Å². The van der Waals surface area contributed by atoms with Gasteiger partial charge in [-0.2, -0.15) is 0 Å². The van der Waals surface area contributed by atoms with Gasteiger partial charge in [-0.1, -0.05) is 27.7 Å². The van der Waals surface area contributed by atoms with Crippen LogP contribution >= 0.6 is 0 Å². The predicted octanol–water partition coefficient (Wildman–Crippen LogP) is 2.13. The Morgan fingerprint density at radius 3 is 2.11 bits per heavy atom. The molecule has 2 aliphatic heterocycles. The lowest BCUT2D eigenvalue weighted by Gasteiger charge is -2.24. The number of rotatable bonds is 2. The molecule has 1 aliphatic carbocycles. The molecule has 4 heteroatoms. The van der Waals surface area contributed by atoms with Crippen molar-refractivity contribution in [3.05, 3.63) is 0 Å². The third-order valence-electron chi connectivity index (χ3n) is 6.38. The van der Waals surface area contributed by atoms with Gasteiger partial charge in [0.2, 0.25) is 5.91 Å². The lowest BCUT2D eigenvalue weighted by atomic mass is 9.89. The van der Waals surface area contributed by atoms with E-state index in [1.165, 1.54) is 0 Å². The monoisotopic (exact) mass is 265 g/mol. The van der Waals surface area contributed by atoms with Crippen molar-refractivity contribution in [2.24, 2.45) is 22.7 Å². The van der Waals surface area contributed by atoms with Gasteiger partial charge in [-0.15, -0.1) is 0 Å². The minimum Gasteiger partial charge on any atom is -0.481 e. The SMILES string of the molecule is CC1(C)C(C(=O)N2C3CCC2C(C(=O)O)C3)C1(C)C. The van der Waals surface area contributed by atoms with Crippen LogP contribution in [0.25, 0.3) is 0 Å². The van der Waals surface area contributed by atoms with Gasteiger partial charge in [0.05, 0.1) is 5.92 Å². The Hall–Kier alpha value is -1.06. The minimum absolute atomic E-state index is 0.0326. The number of nitrogens with zero attached hydrogens (tertiary/aromatic N) is 1. The summed E-state index contributed by atoms with van der Waals surface area (Å²) in [4.78, 5) is 26.0. The van der Waals surface area contributed by atoms with Crippen molar-refractivity contribution in [2.45, 2.75) is 59.0 Å². The van der Waals surface area contributed by atoms with Gasteiger partial charge in [0, 0.05) is 18.0 Å². The Morgan fingerprint density at radius 2 is 1.68 bits per heavy atom. The lowest BCUT2D eigenvalue weighted by molar-refractivity contribution is -0.143. The molecule has 3 unspecified atom stereocenters. The number of hydrogen-bond acceptors (Lipinski definition) is 2. The van der Waals surface area contributed by atoms with Crippen LogP contribution in [0.1, 0.15) is 47.0 Å². The molecule has 2 saturated heterocycles. The highest BCUT2D eigenvalue weighted by Gasteiger charge is 2.70. The first-order chi connectivity index (χ1) is 8.69. The molecule has 1 amide bonds. The molecular weight excluding hydrogens is 242 g/mol. The van der Waals surface area contributed by atoms with Crippen LogP contribution in [-0.2, 0) is 9.59 Å². The van der Waals surface area contributed by atoms with E-state index in [1.807, 2.05) is 4.90 Å². The maximum absolute atomic E-state index is 12.8. The zero-order valence-corrected chi connectivity index (χ0v) is 12.1. The normalized spacial score (nSPS) is 38.5. The number of carbonyl (C=O) groups is 2. The van der Waals surface area contributed by atoms with Gasteiger partial charge in [0.15, 0.2) is 0 Å². The summed E-state index contributed by atoms with van der Waals surface area (Å²) in [6.45, 7) is 8.56. The van der Waals surface area contributed by atoms with Crippen LogP contribution in [0.3, 0.4) is 0 Å². The Labute approximate surface area is 114 Å². The second-order valence-electron chi connectivity index (χ2n) is 7.60. The Morgan fingerprint density at radius 1 is 1.11 bits per heavy atom. The van der Waals surface area contributed by atoms with Gasteiger partial charge in [-0.05, 0) is 30.1 Å². The van der Waals surface area contributed by atoms with Crippen LogP contribution < -0.4 is 0 Å². The van der Waals surface area contributed by atoms with E-state index in [0.717, 1.165) is 12.8 Å². The summed E-state index contributed by atoms with van der Waals surface area (Å²) in [5, 5.41) is 9.26. The van der Waals surface area contributed by atoms with Gasteiger partial charge in [0.1, 0.15) is 0 Å². The topological polar surface area (TPSA) is 57.6 Å². The average molecular weight is 265 g/mol. The van der Waals surface area contributed by atoms with Gasteiger partial charge in [-0.3, -0.25) is 9.59 Å². The molecule has 0 aromatic carbocycles. The summed E-state index contributed by atoms with van der Waals surface area (Å²) in [5.41, 5.74) is 0.0651. The summed E-state index contributed by atoms with van der Waals surface area (Å²) in [7, 11) is 0. The summed E-state index contributed by atoms with van der Waals surface area (Å²) < 4.78 is 0. The number of carboxylic acid groups (broad SMARTS) is 1.